The lowest BCUT2D eigenvalue weighted by Crippen LogP contribution is -2.60. The minimum atomic E-state index is -1.80. The number of aromatic nitrogens is 1. The van der Waals surface area contributed by atoms with Gasteiger partial charge in [-0.25, -0.2) is 4.79 Å². The molecule has 1 aromatic heterocycles. The molecule has 0 saturated carbocycles. The predicted molar refractivity (Wildman–Crippen MR) is 221 cm³/mol. The summed E-state index contributed by atoms with van der Waals surface area (Å²) in [7, 11) is 0. The van der Waals surface area contributed by atoms with Crippen molar-refractivity contribution in [3.63, 3.8) is 0 Å². The molecule has 7 unspecified atom stereocenters. The first-order valence-corrected chi connectivity index (χ1v) is 19.9. The molecule has 1 heterocycles. The molecule has 0 spiro atoms. The van der Waals surface area contributed by atoms with Gasteiger partial charge >= 0.3 is 17.9 Å². The molecule has 20 nitrogen and oxygen atoms in total. The molecule has 2 aromatic carbocycles. The van der Waals surface area contributed by atoms with Crippen LogP contribution in [0, 0.1) is 5.92 Å². The number of aliphatic carboxylic acids is 3. The number of aromatic hydroxyl groups is 1. The molecule has 7 atom stereocenters. The Morgan fingerprint density at radius 3 is 1.92 bits per heavy atom. The number of amides is 5. The summed E-state index contributed by atoms with van der Waals surface area (Å²) in [6, 6.07) is 4.26. The monoisotopic (exact) mass is 852 g/mol. The van der Waals surface area contributed by atoms with Crippen LogP contribution in [0.15, 0.2) is 54.7 Å². The third kappa shape index (κ3) is 15.5. The molecule has 0 saturated heterocycles. The molecular formula is C41H56N8O12. The van der Waals surface area contributed by atoms with Crippen LogP contribution in [-0.2, 0) is 51.2 Å². The van der Waals surface area contributed by atoms with Gasteiger partial charge in [-0.15, -0.1) is 0 Å². The van der Waals surface area contributed by atoms with E-state index in [1.807, 2.05) is 0 Å². The number of fused-ring (bicyclic) bond motifs is 1. The van der Waals surface area contributed by atoms with Crippen LogP contribution in [-0.4, -0.2) is 116 Å². The van der Waals surface area contributed by atoms with Gasteiger partial charge in [0.2, 0.25) is 29.5 Å². The van der Waals surface area contributed by atoms with Gasteiger partial charge in [-0.1, -0.05) is 50.6 Å². The average Bonchev–Trinajstić information content (AvgIpc) is 3.62. The number of carbonyl (C=O) groups is 8. The smallest absolute Gasteiger partial charge is 0.326 e. The molecule has 0 radical (unpaired) electrons. The topological polar surface area (TPSA) is 345 Å². The van der Waals surface area contributed by atoms with Gasteiger partial charge in [0.1, 0.15) is 36.0 Å². The van der Waals surface area contributed by atoms with Crippen LogP contribution in [0.1, 0.15) is 69.9 Å². The third-order valence-electron chi connectivity index (χ3n) is 10.1. The molecule has 0 bridgehead atoms. The number of phenolic OH excluding ortho intramolecular Hbond substituents is 1. The second-order valence-corrected chi connectivity index (χ2v) is 14.8. The van der Waals surface area contributed by atoms with Gasteiger partial charge in [0.15, 0.2) is 0 Å². The lowest BCUT2D eigenvalue weighted by atomic mass is 9.96. The number of H-pyrrole nitrogens is 1. The molecule has 0 aliphatic carbocycles. The van der Waals surface area contributed by atoms with E-state index in [-0.39, 0.29) is 31.6 Å². The van der Waals surface area contributed by atoms with Crippen LogP contribution in [0.25, 0.3) is 10.9 Å². The van der Waals surface area contributed by atoms with Crippen LogP contribution >= 0.6 is 0 Å². The van der Waals surface area contributed by atoms with Crippen LogP contribution in [0.3, 0.4) is 0 Å². The highest BCUT2D eigenvalue weighted by molar-refractivity contribution is 5.98. The second kappa shape index (κ2) is 23.9. The molecule has 0 aliphatic heterocycles. The Hall–Kier alpha value is -6.54. The number of carboxylic acid groups (broad SMARTS) is 3. The van der Waals surface area contributed by atoms with Crippen molar-refractivity contribution in [2.75, 3.05) is 6.54 Å². The zero-order chi connectivity index (χ0) is 45.2. The number of benzene rings is 2. The van der Waals surface area contributed by atoms with Crippen molar-refractivity contribution in [2.45, 2.75) is 108 Å². The van der Waals surface area contributed by atoms with Gasteiger partial charge < -0.3 is 63.5 Å². The summed E-state index contributed by atoms with van der Waals surface area (Å²) in [5, 5.41) is 51.4. The summed E-state index contributed by atoms with van der Waals surface area (Å²) in [6.07, 6.45) is 0.556. The number of carboxylic acids is 3. The molecule has 3 rings (SSSR count). The Morgan fingerprint density at radius 1 is 0.689 bits per heavy atom. The highest BCUT2D eigenvalue weighted by Crippen LogP contribution is 2.20. The fourth-order valence-electron chi connectivity index (χ4n) is 6.42. The fraction of sp³-hybridized carbons (Fsp3) is 0.463. The zero-order valence-corrected chi connectivity index (χ0v) is 34.0. The van der Waals surface area contributed by atoms with E-state index in [0.717, 1.165) is 0 Å². The number of unbranched alkanes of at least 4 members (excludes halogenated alkanes) is 1. The SMILES string of the molecule is CCC(C)C(NC(=O)C(N)Cc1ccc(O)cc1)C(=O)NC(CC(=O)O)C(=O)NC(Cc1c[nH]c2ccccc12)C(=O)NC(CCC(=O)O)C(=O)NC(CCCCN)C(=O)O. The number of hydrogen-bond donors (Lipinski definition) is 12. The first-order chi connectivity index (χ1) is 28.9. The predicted octanol–water partition coefficient (Wildman–Crippen LogP) is 0.00920. The molecule has 0 fully saturated rings. The number of aromatic amines is 1. The van der Waals surface area contributed by atoms with E-state index in [1.54, 1.807) is 56.4 Å². The Balaban J connectivity index is 1.91. The molecule has 20 heteroatoms. The summed E-state index contributed by atoms with van der Waals surface area (Å²) < 4.78 is 0. The van der Waals surface area contributed by atoms with Crippen LogP contribution in [0.4, 0.5) is 0 Å². The van der Waals surface area contributed by atoms with E-state index in [1.165, 1.54) is 12.1 Å². The summed E-state index contributed by atoms with van der Waals surface area (Å²) in [4.78, 5) is 107. The van der Waals surface area contributed by atoms with E-state index < -0.39 is 109 Å². The number of phenols is 1. The van der Waals surface area contributed by atoms with Crippen molar-refractivity contribution in [3.8, 4) is 5.75 Å². The molecule has 5 amide bonds. The van der Waals surface area contributed by atoms with E-state index >= 15 is 0 Å². The van der Waals surface area contributed by atoms with Crippen LogP contribution < -0.4 is 38.1 Å². The number of nitrogens with two attached hydrogens (primary N) is 2. The maximum absolute atomic E-state index is 14.1. The van der Waals surface area contributed by atoms with E-state index in [0.29, 0.717) is 41.3 Å². The fourth-order valence-corrected chi connectivity index (χ4v) is 6.42. The molecule has 14 N–H and O–H groups in total. The Labute approximate surface area is 351 Å². The largest absolute Gasteiger partial charge is 0.508 e. The molecule has 3 aromatic rings. The zero-order valence-electron chi connectivity index (χ0n) is 34.0. The van der Waals surface area contributed by atoms with Crippen LogP contribution in [0.2, 0.25) is 0 Å². The van der Waals surface area contributed by atoms with Gasteiger partial charge in [0, 0.05) is 29.9 Å². The Bertz CT molecular complexity index is 2010. The van der Waals surface area contributed by atoms with Gasteiger partial charge in [-0.3, -0.25) is 33.6 Å². The maximum atomic E-state index is 14.1. The number of carbonyl (C=O) groups excluding carboxylic acids is 5. The highest BCUT2D eigenvalue weighted by atomic mass is 16.4. The summed E-state index contributed by atoms with van der Waals surface area (Å²) >= 11 is 0. The Kier molecular flexibility index (Phi) is 19.1. The maximum Gasteiger partial charge on any atom is 0.326 e. The highest BCUT2D eigenvalue weighted by Gasteiger charge is 2.35. The van der Waals surface area contributed by atoms with Crippen molar-refractivity contribution in [1.29, 1.82) is 0 Å². The summed E-state index contributed by atoms with van der Waals surface area (Å²) in [6.45, 7) is 3.68. The Morgan fingerprint density at radius 2 is 1.30 bits per heavy atom. The molecule has 332 valence electrons. The number of hydrogen-bond acceptors (Lipinski definition) is 11. The second-order valence-electron chi connectivity index (χ2n) is 14.8. The van der Waals surface area contributed by atoms with Gasteiger partial charge in [0.05, 0.1) is 12.5 Å². The lowest BCUT2D eigenvalue weighted by molar-refractivity contribution is -0.143. The van der Waals surface area contributed by atoms with E-state index in [9.17, 15) is 58.8 Å². The average molecular weight is 853 g/mol. The lowest BCUT2D eigenvalue weighted by Gasteiger charge is -2.28. The van der Waals surface area contributed by atoms with Gasteiger partial charge in [0.25, 0.3) is 0 Å². The summed E-state index contributed by atoms with van der Waals surface area (Å²) in [5.41, 5.74) is 13.5. The first kappa shape index (κ1) is 48.8. The standard InChI is InChI=1S/C41H56N8O12/c1-3-22(2)35(49-36(55)27(43)18-23-11-13-25(50)14-12-23)40(59)48-32(20-34(53)54)39(58)47-31(19-24-21-44-28-9-5-4-8-26(24)28)38(57)45-29(15-16-33(51)52)37(56)46-30(41(60)61)10-6-7-17-42/h4-5,8-9,11-14,21-22,27,29-32,35,44,50H,3,6-7,10,15-20,42-43H2,1-2H3,(H,45,57)(H,46,56)(H,47,58)(H,48,59)(H,49,55)(H,51,52)(H,53,54)(H,60,61). The number of nitrogens with one attached hydrogen (secondary N) is 6. The molecule has 61 heavy (non-hydrogen) atoms. The van der Waals surface area contributed by atoms with E-state index in [4.69, 9.17) is 11.5 Å². The van der Waals surface area contributed by atoms with Gasteiger partial charge in [-0.05, 0) is 73.9 Å². The van der Waals surface area contributed by atoms with Gasteiger partial charge in [-0.2, -0.15) is 0 Å². The number of para-hydroxylation sites is 1. The summed E-state index contributed by atoms with van der Waals surface area (Å²) in [5.74, 6) is -9.44. The minimum Gasteiger partial charge on any atom is -0.508 e. The molecule has 0 aliphatic rings. The van der Waals surface area contributed by atoms with Crippen molar-refractivity contribution in [1.82, 2.24) is 31.6 Å². The van der Waals surface area contributed by atoms with Crippen molar-refractivity contribution >= 4 is 58.3 Å². The van der Waals surface area contributed by atoms with Crippen LogP contribution in [0.5, 0.6) is 5.75 Å². The quantitative estimate of drug-likeness (QED) is 0.0474. The number of rotatable bonds is 26. The van der Waals surface area contributed by atoms with Crippen molar-refractivity contribution in [3.05, 3.63) is 65.9 Å². The van der Waals surface area contributed by atoms with E-state index in [2.05, 4.69) is 31.6 Å². The first-order valence-electron chi connectivity index (χ1n) is 19.9. The van der Waals surface area contributed by atoms with Crippen molar-refractivity contribution < 1.29 is 58.8 Å². The molecular weight excluding hydrogens is 796 g/mol. The van der Waals surface area contributed by atoms with Crippen molar-refractivity contribution in [2.24, 2.45) is 17.4 Å². The normalized spacial score (nSPS) is 14.6. The third-order valence-corrected chi connectivity index (χ3v) is 10.1. The minimum absolute atomic E-state index is 0.00197.